The average molecular weight is 366 g/mol. The largest absolute Gasteiger partial charge is 0.506 e. The van der Waals surface area contributed by atoms with Gasteiger partial charge < -0.3 is 15.2 Å². The topological polar surface area (TPSA) is 106 Å². The van der Waals surface area contributed by atoms with Crippen LogP contribution < -0.4 is 5.32 Å². The Morgan fingerprint density at radius 1 is 1.19 bits per heavy atom. The first-order valence-electron chi connectivity index (χ1n) is 8.22. The van der Waals surface area contributed by atoms with E-state index in [9.17, 15) is 14.7 Å². The Bertz CT molecular complexity index is 992. The van der Waals surface area contributed by atoms with E-state index in [2.05, 4.69) is 22.1 Å². The number of rotatable bonds is 6. The maximum Gasteiger partial charge on any atom is 0.333 e. The Labute approximate surface area is 155 Å². The molecule has 3 aromatic rings. The number of ether oxygens (including phenoxy) is 1. The van der Waals surface area contributed by atoms with Crippen molar-refractivity contribution in [1.82, 2.24) is 15.0 Å². The van der Waals surface area contributed by atoms with Gasteiger partial charge >= 0.3 is 5.97 Å². The smallest absolute Gasteiger partial charge is 0.333 e. The van der Waals surface area contributed by atoms with Gasteiger partial charge in [-0.3, -0.25) is 4.79 Å². The third-order valence-corrected chi connectivity index (χ3v) is 3.67. The summed E-state index contributed by atoms with van der Waals surface area (Å²) in [6, 6.07) is 11.9. The number of fused-ring (bicyclic) bond motifs is 1. The summed E-state index contributed by atoms with van der Waals surface area (Å²) in [7, 11) is 0. The number of amides is 1. The molecule has 0 unspecified atom stereocenters. The first-order valence-corrected chi connectivity index (χ1v) is 8.22. The number of esters is 1. The molecule has 0 aliphatic rings. The Morgan fingerprint density at radius 2 is 1.85 bits per heavy atom. The van der Waals surface area contributed by atoms with E-state index in [-0.39, 0.29) is 30.3 Å². The highest BCUT2D eigenvalue weighted by Crippen LogP contribution is 2.25. The lowest BCUT2D eigenvalue weighted by atomic mass is 10.2. The fraction of sp³-hybridized carbons (Fsp3) is 0.158. The van der Waals surface area contributed by atoms with Gasteiger partial charge in [-0.25, -0.2) is 4.79 Å². The average Bonchev–Trinajstić information content (AvgIpc) is 3.07. The minimum atomic E-state index is -0.536. The molecule has 1 heterocycles. The van der Waals surface area contributed by atoms with Gasteiger partial charge in [0.15, 0.2) is 0 Å². The number of benzene rings is 2. The van der Waals surface area contributed by atoms with E-state index < -0.39 is 5.97 Å². The maximum absolute atomic E-state index is 12.0. The van der Waals surface area contributed by atoms with Gasteiger partial charge in [0.2, 0.25) is 5.91 Å². The van der Waals surface area contributed by atoms with Gasteiger partial charge in [0.25, 0.3) is 0 Å². The fourth-order valence-corrected chi connectivity index (χ4v) is 2.31. The highest BCUT2D eigenvalue weighted by molar-refractivity contribution is 5.92. The normalized spacial score (nSPS) is 10.6. The lowest BCUT2D eigenvalue weighted by molar-refractivity contribution is -0.139. The Kier molecular flexibility index (Phi) is 5.16. The number of carbonyl (C=O) groups is 2. The Morgan fingerprint density at radius 3 is 2.48 bits per heavy atom. The summed E-state index contributed by atoms with van der Waals surface area (Å²) in [5.74, 6) is -0.894. The lowest BCUT2D eigenvalue weighted by Crippen LogP contribution is -2.16. The molecule has 3 rings (SSSR count). The quantitative estimate of drug-likeness (QED) is 0.394. The first-order chi connectivity index (χ1) is 12.9. The SMILES string of the molecule is C=C(C)C(=O)OCCC(=O)Nc1ccc(O)c(-n2nc3ccccc3n2)c1. The molecule has 0 radical (unpaired) electrons. The van der Waals surface area contributed by atoms with Gasteiger partial charge in [-0.2, -0.15) is 0 Å². The van der Waals surface area contributed by atoms with E-state index in [0.29, 0.717) is 22.4 Å². The first kappa shape index (κ1) is 18.1. The van der Waals surface area contributed by atoms with Gasteiger partial charge in [0.05, 0.1) is 6.42 Å². The molecule has 0 atom stereocenters. The zero-order chi connectivity index (χ0) is 19.4. The van der Waals surface area contributed by atoms with E-state index in [1.54, 1.807) is 12.1 Å². The molecule has 2 aromatic carbocycles. The molecule has 0 saturated carbocycles. The van der Waals surface area contributed by atoms with Gasteiger partial charge in [-0.15, -0.1) is 15.0 Å². The zero-order valence-corrected chi connectivity index (χ0v) is 14.7. The van der Waals surface area contributed by atoms with Crippen LogP contribution in [0.5, 0.6) is 5.75 Å². The molecule has 27 heavy (non-hydrogen) atoms. The molecule has 1 amide bonds. The van der Waals surface area contributed by atoms with Crippen LogP contribution in [0, 0.1) is 0 Å². The minimum Gasteiger partial charge on any atom is -0.506 e. The summed E-state index contributed by atoms with van der Waals surface area (Å²) in [4.78, 5) is 24.6. The number of nitrogens with one attached hydrogen (secondary N) is 1. The van der Waals surface area contributed by atoms with Crippen molar-refractivity contribution < 1.29 is 19.4 Å². The van der Waals surface area contributed by atoms with Crippen LogP contribution in [0.4, 0.5) is 5.69 Å². The summed E-state index contributed by atoms with van der Waals surface area (Å²) < 4.78 is 4.89. The van der Waals surface area contributed by atoms with Crippen molar-refractivity contribution in [1.29, 1.82) is 0 Å². The van der Waals surface area contributed by atoms with E-state index in [0.717, 1.165) is 0 Å². The third kappa shape index (κ3) is 4.30. The Hall–Kier alpha value is -3.68. The molecule has 1 aromatic heterocycles. The van der Waals surface area contributed by atoms with Crippen molar-refractivity contribution in [2.75, 3.05) is 11.9 Å². The van der Waals surface area contributed by atoms with Crippen molar-refractivity contribution >= 4 is 28.6 Å². The van der Waals surface area contributed by atoms with Crippen molar-refractivity contribution in [2.45, 2.75) is 13.3 Å². The molecular formula is C19H18N4O4. The van der Waals surface area contributed by atoms with E-state index >= 15 is 0 Å². The van der Waals surface area contributed by atoms with Crippen LogP contribution in [-0.4, -0.2) is 38.6 Å². The maximum atomic E-state index is 12.0. The molecule has 0 aliphatic heterocycles. The summed E-state index contributed by atoms with van der Waals surface area (Å²) in [6.45, 7) is 4.96. The molecule has 0 spiro atoms. The molecule has 2 N–H and O–H groups in total. The van der Waals surface area contributed by atoms with Crippen LogP contribution in [0.15, 0.2) is 54.6 Å². The fourth-order valence-electron chi connectivity index (χ4n) is 2.31. The number of aromatic hydroxyl groups is 1. The van der Waals surface area contributed by atoms with E-state index in [1.807, 2.05) is 24.3 Å². The minimum absolute atomic E-state index is 0.000858. The second-order valence-corrected chi connectivity index (χ2v) is 5.90. The van der Waals surface area contributed by atoms with Gasteiger partial charge in [0, 0.05) is 11.3 Å². The third-order valence-electron chi connectivity index (χ3n) is 3.67. The second-order valence-electron chi connectivity index (χ2n) is 5.90. The number of carbonyl (C=O) groups excluding carboxylic acids is 2. The van der Waals surface area contributed by atoms with Crippen molar-refractivity contribution in [2.24, 2.45) is 0 Å². The molecular weight excluding hydrogens is 348 g/mol. The highest BCUT2D eigenvalue weighted by atomic mass is 16.5. The number of phenolic OH excluding ortho intramolecular Hbond substituents is 1. The summed E-state index contributed by atoms with van der Waals surface area (Å²) in [5, 5.41) is 21.4. The predicted octanol–water partition coefficient (Wildman–Crippen LogP) is 2.57. The van der Waals surface area contributed by atoms with Crippen LogP contribution in [0.3, 0.4) is 0 Å². The summed E-state index contributed by atoms with van der Waals surface area (Å²) in [5.41, 5.74) is 2.44. The van der Waals surface area contributed by atoms with Crippen molar-refractivity contribution in [3.8, 4) is 11.4 Å². The second kappa shape index (κ2) is 7.69. The number of hydrogen-bond donors (Lipinski definition) is 2. The Balaban J connectivity index is 1.70. The predicted molar refractivity (Wildman–Crippen MR) is 99.5 cm³/mol. The number of aromatic nitrogens is 3. The van der Waals surface area contributed by atoms with Crippen LogP contribution in [0.2, 0.25) is 0 Å². The molecule has 8 nitrogen and oxygen atoms in total. The van der Waals surface area contributed by atoms with Gasteiger partial charge in [0.1, 0.15) is 29.1 Å². The number of phenols is 1. The van der Waals surface area contributed by atoms with Crippen molar-refractivity contribution in [3.63, 3.8) is 0 Å². The molecule has 138 valence electrons. The van der Waals surface area contributed by atoms with Crippen LogP contribution in [-0.2, 0) is 14.3 Å². The van der Waals surface area contributed by atoms with Crippen LogP contribution in [0.1, 0.15) is 13.3 Å². The van der Waals surface area contributed by atoms with Crippen molar-refractivity contribution in [3.05, 3.63) is 54.6 Å². The molecule has 0 bridgehead atoms. The standard InChI is InChI=1S/C19H18N4O4/c1-12(2)19(26)27-10-9-18(25)20-13-7-8-17(24)16(11-13)23-21-14-5-3-4-6-15(14)22-23/h3-8,11,24H,1,9-10H2,2H3,(H,20,25). The van der Waals surface area contributed by atoms with Gasteiger partial charge in [-0.1, -0.05) is 18.7 Å². The molecule has 8 heteroatoms. The van der Waals surface area contributed by atoms with E-state index in [4.69, 9.17) is 4.74 Å². The molecule has 0 fully saturated rings. The number of nitrogens with zero attached hydrogens (tertiary/aromatic N) is 3. The van der Waals surface area contributed by atoms with E-state index in [1.165, 1.54) is 17.8 Å². The summed E-state index contributed by atoms with van der Waals surface area (Å²) >= 11 is 0. The van der Waals surface area contributed by atoms with Crippen LogP contribution in [0.25, 0.3) is 16.7 Å². The molecule has 0 aliphatic carbocycles. The number of hydrogen-bond acceptors (Lipinski definition) is 6. The molecule has 0 saturated heterocycles. The van der Waals surface area contributed by atoms with Crippen LogP contribution >= 0.6 is 0 Å². The summed E-state index contributed by atoms with van der Waals surface area (Å²) in [6.07, 6.45) is -0.000858. The lowest BCUT2D eigenvalue weighted by Gasteiger charge is -2.09. The number of anilines is 1. The highest BCUT2D eigenvalue weighted by Gasteiger charge is 2.12. The zero-order valence-electron chi connectivity index (χ0n) is 14.7. The monoisotopic (exact) mass is 366 g/mol. The van der Waals surface area contributed by atoms with Gasteiger partial charge in [-0.05, 0) is 37.3 Å².